The molecule has 11 heterocycles. The van der Waals surface area contributed by atoms with Crippen molar-refractivity contribution in [3.63, 3.8) is 0 Å². The molecule has 0 aliphatic heterocycles. The maximum absolute atomic E-state index is 5.37. The Hall–Kier alpha value is -15.0. The first kappa shape index (κ1) is 63.6. The number of rotatable bonds is 3. The summed E-state index contributed by atoms with van der Waals surface area (Å²) >= 11 is 3.75. The highest BCUT2D eigenvalue weighted by molar-refractivity contribution is 7.27. The highest BCUT2D eigenvalue weighted by Gasteiger charge is 2.28. The Morgan fingerprint density at radius 2 is 0.526 bits per heavy atom. The fraction of sp³-hybridized carbons (Fsp3) is 0. The Labute approximate surface area is 667 Å². The number of aromatic nitrogens is 9. The molecular formula is C105H61N9S2. The molecule has 0 radical (unpaired) electrons. The summed E-state index contributed by atoms with van der Waals surface area (Å²) in [5.74, 6) is 0. The van der Waals surface area contributed by atoms with E-state index >= 15 is 0 Å². The number of nitrogens with zero attached hydrogens (tertiary/aromatic N) is 9. The Bertz CT molecular complexity index is 9100. The molecule has 0 saturated carbocycles. The molecule has 0 N–H and O–H groups in total. The molecule has 0 amide bonds. The lowest BCUT2D eigenvalue weighted by molar-refractivity contribution is 1.18. The lowest BCUT2D eigenvalue weighted by atomic mass is 10.00. The van der Waals surface area contributed by atoms with Crippen molar-refractivity contribution in [2.24, 2.45) is 0 Å². The number of hydrogen-bond acceptors (Lipinski definition) is 5. The first-order valence-electron chi connectivity index (χ1n) is 39.4. The number of para-hydroxylation sites is 12. The number of imidazole rings is 3. The van der Waals surface area contributed by atoms with Gasteiger partial charge in [0, 0.05) is 107 Å². The van der Waals surface area contributed by atoms with Crippen LogP contribution in [-0.2, 0) is 0 Å². The summed E-state index contributed by atoms with van der Waals surface area (Å²) in [6.07, 6.45) is 0. The normalized spacial score (nSPS) is 12.3. The van der Waals surface area contributed by atoms with Crippen molar-refractivity contribution in [3.8, 4) is 17.1 Å². The predicted molar refractivity (Wildman–Crippen MR) is 492 cm³/mol. The summed E-state index contributed by atoms with van der Waals surface area (Å²) in [6, 6.07) is 133. The van der Waals surface area contributed by atoms with E-state index in [0.29, 0.717) is 0 Å². The standard InChI is InChI=1S/2C37H21N3S.C31H19N3/c1-2-10-22(11-3-1)39-29-15-7-4-12-23(29)25-19-18-24-26-20-21-32-33(27-13-5-9-17-31(27)41-32)35(26)40-30-16-8-6-14-28(30)38-37(40)34(24)36(25)39;1-2-10-22(11-3-1)39-30-15-7-4-12-23(30)26-19-18-25-27-20-21-28-24-13-5-9-17-32(24)41-36(28)35(27)40-31-16-8-6-14-29(31)38-37(40)33(25)34(26)39;1-2-10-20(11-3-1)33-26-16-8-6-14-24(26)29-28(33)19-18-22-21-12-4-5-13-23(21)31-32-25-15-7-9-17-27(25)34(31)30(22)29/h2*1-21H;1-19H. The topological polar surface area (TPSA) is 66.7 Å². The van der Waals surface area contributed by atoms with Gasteiger partial charge in [-0.05, 0) is 131 Å². The van der Waals surface area contributed by atoms with Crippen LogP contribution in [0.1, 0.15) is 0 Å². The van der Waals surface area contributed by atoms with Gasteiger partial charge in [0.2, 0.25) is 0 Å². The van der Waals surface area contributed by atoms with E-state index in [4.69, 9.17) is 15.0 Å². The van der Waals surface area contributed by atoms with Gasteiger partial charge in [-0.15, -0.1) is 22.7 Å². The zero-order valence-corrected chi connectivity index (χ0v) is 63.7. The molecule has 0 bridgehead atoms. The Balaban J connectivity index is 0.0000000957. The Morgan fingerprint density at radius 3 is 1.09 bits per heavy atom. The smallest absolute Gasteiger partial charge is 0.148 e. The summed E-state index contributed by atoms with van der Waals surface area (Å²) < 4.78 is 19.7. The fourth-order valence-corrected chi connectivity index (χ4v) is 22.1. The molecule has 28 rings (SSSR count). The van der Waals surface area contributed by atoms with Gasteiger partial charge in [-0.3, -0.25) is 13.2 Å². The van der Waals surface area contributed by atoms with E-state index in [1.54, 1.807) is 0 Å². The summed E-state index contributed by atoms with van der Waals surface area (Å²) in [6.45, 7) is 0. The molecule has 28 aromatic rings. The van der Waals surface area contributed by atoms with Crippen LogP contribution in [0.15, 0.2) is 370 Å². The van der Waals surface area contributed by atoms with Crippen molar-refractivity contribution in [1.29, 1.82) is 0 Å². The summed E-state index contributed by atoms with van der Waals surface area (Å²) in [5.41, 5.74) is 23.8. The van der Waals surface area contributed by atoms with Gasteiger partial charge in [-0.25, -0.2) is 15.0 Å². The van der Waals surface area contributed by atoms with Crippen LogP contribution in [0.3, 0.4) is 0 Å². The van der Waals surface area contributed by atoms with Gasteiger partial charge < -0.3 is 13.7 Å². The minimum atomic E-state index is 1.00. The second-order valence-electron chi connectivity index (χ2n) is 30.4. The van der Waals surface area contributed by atoms with Gasteiger partial charge in [0.25, 0.3) is 0 Å². The fourth-order valence-electron chi connectivity index (χ4n) is 19.7. The van der Waals surface area contributed by atoms with Crippen molar-refractivity contribution in [2.75, 3.05) is 0 Å². The molecule has 0 fully saturated rings. The van der Waals surface area contributed by atoms with Crippen LogP contribution in [-0.4, -0.2) is 41.9 Å². The van der Waals surface area contributed by atoms with Crippen LogP contribution in [0.5, 0.6) is 0 Å². The molecule has 0 aliphatic carbocycles. The first-order valence-corrected chi connectivity index (χ1v) is 41.0. The van der Waals surface area contributed by atoms with Crippen LogP contribution in [0, 0.1) is 0 Å². The molecule has 11 heteroatoms. The molecule has 538 valence electrons. The van der Waals surface area contributed by atoms with Crippen molar-refractivity contribution >= 4 is 244 Å². The lowest BCUT2D eigenvalue weighted by Gasteiger charge is -2.14. The maximum Gasteiger partial charge on any atom is 0.148 e. The molecule has 9 nitrogen and oxygen atoms in total. The number of benzene rings is 17. The second-order valence-corrected chi connectivity index (χ2v) is 32.5. The average Bonchev–Trinajstić information content (AvgIpc) is 1.58. The van der Waals surface area contributed by atoms with Crippen LogP contribution in [0.4, 0.5) is 0 Å². The van der Waals surface area contributed by atoms with E-state index in [1.807, 2.05) is 22.7 Å². The summed E-state index contributed by atoms with van der Waals surface area (Å²) in [7, 11) is 0. The van der Waals surface area contributed by atoms with Gasteiger partial charge in [-0.2, -0.15) is 0 Å². The third-order valence-corrected chi connectivity index (χ3v) is 26.7. The zero-order chi connectivity index (χ0) is 75.5. The predicted octanol–water partition coefficient (Wildman–Crippen LogP) is 28.4. The monoisotopic (exact) mass is 1510 g/mol. The Morgan fingerprint density at radius 1 is 0.172 bits per heavy atom. The molecular weight excluding hydrogens is 1450 g/mol. The Kier molecular flexibility index (Phi) is 13.3. The van der Waals surface area contributed by atoms with Gasteiger partial charge in [0.1, 0.15) is 16.9 Å². The van der Waals surface area contributed by atoms with Crippen LogP contribution in [0.25, 0.3) is 238 Å². The highest BCUT2D eigenvalue weighted by Crippen LogP contribution is 2.50. The number of fused-ring (bicyclic) bond motifs is 44. The van der Waals surface area contributed by atoms with Gasteiger partial charge in [0.05, 0.1) is 98.2 Å². The molecule has 0 aliphatic rings. The molecule has 0 unspecified atom stereocenters. The molecule has 0 spiro atoms. The quantitative estimate of drug-likeness (QED) is 0.166. The second kappa shape index (κ2) is 24.3. The van der Waals surface area contributed by atoms with E-state index < -0.39 is 0 Å². The molecule has 17 aromatic carbocycles. The molecule has 11 aromatic heterocycles. The van der Waals surface area contributed by atoms with Gasteiger partial charge >= 0.3 is 0 Å². The van der Waals surface area contributed by atoms with Crippen LogP contribution < -0.4 is 0 Å². The van der Waals surface area contributed by atoms with E-state index in [9.17, 15) is 0 Å². The molecule has 0 atom stereocenters. The summed E-state index contributed by atoms with van der Waals surface area (Å²) in [4.78, 5) is 15.8. The largest absolute Gasteiger partial charge is 0.309 e. The van der Waals surface area contributed by atoms with E-state index in [-0.39, 0.29) is 0 Å². The van der Waals surface area contributed by atoms with E-state index in [1.165, 1.54) is 176 Å². The van der Waals surface area contributed by atoms with Crippen molar-refractivity contribution in [1.82, 2.24) is 41.9 Å². The first-order chi connectivity index (χ1) is 57.6. The third kappa shape index (κ3) is 8.78. The van der Waals surface area contributed by atoms with E-state index in [0.717, 1.165) is 61.4 Å². The van der Waals surface area contributed by atoms with Crippen molar-refractivity contribution < 1.29 is 0 Å². The highest BCUT2D eigenvalue weighted by atomic mass is 32.1. The minimum absolute atomic E-state index is 1.00. The van der Waals surface area contributed by atoms with Crippen molar-refractivity contribution in [3.05, 3.63) is 370 Å². The number of thiophene rings is 2. The average molecular weight is 1510 g/mol. The third-order valence-electron chi connectivity index (χ3n) is 24.4. The van der Waals surface area contributed by atoms with Crippen LogP contribution >= 0.6 is 22.7 Å². The van der Waals surface area contributed by atoms with Gasteiger partial charge in [-0.1, -0.05) is 255 Å². The number of hydrogen-bond donors (Lipinski definition) is 0. The van der Waals surface area contributed by atoms with E-state index in [2.05, 4.69) is 397 Å². The minimum Gasteiger partial charge on any atom is -0.309 e. The van der Waals surface area contributed by atoms with Gasteiger partial charge in [0.15, 0.2) is 0 Å². The summed E-state index contributed by atoms with van der Waals surface area (Å²) in [5, 5.41) is 23.7. The number of pyridine rings is 3. The SMILES string of the molecule is c1ccc(-n2c3ccccc3c3c2ccc2c4ccccc4c4nc5ccccc5n4c23)cc1.c1ccc(-n2c3ccccc3c3ccc4c5ccc6c7ccccc7sc6c5n5c6ccccc6nc5c4c32)cc1.c1ccc(-n2c3ccccc3c3ccc4c5ccc6sc7ccccc7c6c5n5c6ccccc6nc5c4c32)cc1. The lowest BCUT2D eigenvalue weighted by Crippen LogP contribution is -1.97. The van der Waals surface area contributed by atoms with Crippen LogP contribution in [0.2, 0.25) is 0 Å². The zero-order valence-electron chi connectivity index (χ0n) is 62.1. The van der Waals surface area contributed by atoms with Crippen molar-refractivity contribution in [2.45, 2.75) is 0 Å². The molecule has 0 saturated heterocycles. The molecule has 116 heavy (non-hydrogen) atoms. The maximum atomic E-state index is 5.37.